The molecule has 0 unspecified atom stereocenters. The molecule has 3 fully saturated rings. The maximum atomic E-state index is 11.8. The van der Waals surface area contributed by atoms with E-state index in [2.05, 4.69) is 155 Å². The molecule has 3 aliphatic rings. The van der Waals surface area contributed by atoms with Crippen LogP contribution < -0.4 is 0 Å². The van der Waals surface area contributed by atoms with Gasteiger partial charge < -0.3 is 10.0 Å². The molecule has 0 radical (unpaired) electrons. The zero-order valence-corrected chi connectivity index (χ0v) is 36.3. The lowest BCUT2D eigenvalue weighted by atomic mass is 9.72. The number of aliphatic hydroxyl groups is 1. The quantitative estimate of drug-likeness (QED) is 0.201. The second-order valence-corrected chi connectivity index (χ2v) is 19.0. The van der Waals surface area contributed by atoms with Crippen LogP contribution in [0.2, 0.25) is 0 Å². The monoisotopic (exact) mass is 822 g/mol. The third kappa shape index (κ3) is 15.6. The summed E-state index contributed by atoms with van der Waals surface area (Å²) in [6.07, 6.45) is 8.64. The summed E-state index contributed by atoms with van der Waals surface area (Å²) in [5.74, 6) is 1.91. The highest BCUT2D eigenvalue weighted by Gasteiger charge is 2.41. The zero-order chi connectivity index (χ0) is 40.2. The standard InChI is InChI=1S/C21H27NO.C16H25N.C15H23N.4CH4/c1-17(2)22-15-13-20(14-16-22)21(23,18-9-5-3-6-10-18)19-11-7-4-8-12-19;1-16(2,3)17-11-9-15(10-12-17)13-14-7-5-4-6-8-14;1-15(2,3)16-11-9-14(10-12-16)13-7-5-4-6-8-13;;;;/h3-12,17,20,23H,13-16H2,1-2H3;4-8,15H,9-13H2,1-3H3;4-8,14H,9-12H2,1-3H3;4*1H4. The molecular weight excluding hydrogens is 731 g/mol. The number of benzene rings is 4. The van der Waals surface area contributed by atoms with E-state index in [4.69, 9.17) is 0 Å². The summed E-state index contributed by atoms with van der Waals surface area (Å²) in [6, 6.07) is 42.8. The number of likely N-dealkylation sites (tertiary alicyclic amines) is 3. The van der Waals surface area contributed by atoms with E-state index in [1.165, 1.54) is 69.4 Å². The van der Waals surface area contributed by atoms with Crippen LogP contribution in [-0.2, 0) is 12.0 Å². The maximum Gasteiger partial charge on any atom is 0.117 e. The van der Waals surface area contributed by atoms with Crippen molar-refractivity contribution < 1.29 is 5.11 Å². The van der Waals surface area contributed by atoms with E-state index >= 15 is 0 Å². The van der Waals surface area contributed by atoms with Gasteiger partial charge in [0.1, 0.15) is 5.60 Å². The molecule has 4 heteroatoms. The minimum absolute atomic E-state index is 0. The van der Waals surface area contributed by atoms with Crippen molar-refractivity contribution in [1.29, 1.82) is 0 Å². The lowest BCUT2D eigenvalue weighted by molar-refractivity contribution is -0.0183. The molecule has 4 aromatic carbocycles. The van der Waals surface area contributed by atoms with Gasteiger partial charge in [0.2, 0.25) is 0 Å². The molecule has 0 amide bonds. The molecule has 0 saturated carbocycles. The normalized spacial score (nSPS) is 17.6. The van der Waals surface area contributed by atoms with Gasteiger partial charge in [0.15, 0.2) is 0 Å². The van der Waals surface area contributed by atoms with Crippen molar-refractivity contribution >= 4 is 0 Å². The molecule has 0 atom stereocenters. The number of hydrogen-bond acceptors (Lipinski definition) is 4. The molecule has 1 N–H and O–H groups in total. The summed E-state index contributed by atoms with van der Waals surface area (Å²) >= 11 is 0. The topological polar surface area (TPSA) is 30.0 Å². The minimum Gasteiger partial charge on any atom is -0.380 e. The molecule has 3 heterocycles. The van der Waals surface area contributed by atoms with Gasteiger partial charge in [0, 0.05) is 17.1 Å². The van der Waals surface area contributed by atoms with E-state index in [9.17, 15) is 5.11 Å². The molecule has 60 heavy (non-hydrogen) atoms. The van der Waals surface area contributed by atoms with E-state index in [-0.39, 0.29) is 35.6 Å². The van der Waals surface area contributed by atoms with Crippen molar-refractivity contribution in [3.05, 3.63) is 144 Å². The first kappa shape index (κ1) is 54.7. The minimum atomic E-state index is -0.897. The summed E-state index contributed by atoms with van der Waals surface area (Å²) in [4.78, 5) is 7.73. The molecule has 3 aliphatic heterocycles. The van der Waals surface area contributed by atoms with E-state index in [1.54, 1.807) is 0 Å². The third-order valence-corrected chi connectivity index (χ3v) is 12.9. The Morgan fingerprint density at radius 1 is 0.500 bits per heavy atom. The fraction of sp³-hybridized carbons (Fsp3) is 0.571. The van der Waals surface area contributed by atoms with Crippen molar-refractivity contribution in [3.8, 4) is 0 Å². The number of rotatable bonds is 7. The van der Waals surface area contributed by atoms with Gasteiger partial charge in [0.05, 0.1) is 0 Å². The first-order chi connectivity index (χ1) is 26.7. The third-order valence-electron chi connectivity index (χ3n) is 12.9. The molecule has 3 saturated heterocycles. The van der Waals surface area contributed by atoms with Crippen molar-refractivity contribution in [1.82, 2.24) is 14.7 Å². The Morgan fingerprint density at radius 2 is 0.867 bits per heavy atom. The lowest BCUT2D eigenvalue weighted by Gasteiger charge is -2.43. The average Bonchev–Trinajstić information content (AvgIpc) is 3.22. The lowest BCUT2D eigenvalue weighted by Crippen LogP contribution is -2.46. The summed E-state index contributed by atoms with van der Waals surface area (Å²) in [5, 5.41) is 11.8. The predicted molar refractivity (Wildman–Crippen MR) is 266 cm³/mol. The highest BCUT2D eigenvalue weighted by molar-refractivity contribution is 5.37. The summed E-state index contributed by atoms with van der Waals surface area (Å²) < 4.78 is 0. The van der Waals surface area contributed by atoms with Gasteiger partial charge in [-0.25, -0.2) is 0 Å². The Labute approximate surface area is 371 Å². The van der Waals surface area contributed by atoms with Gasteiger partial charge in [-0.1, -0.05) is 151 Å². The van der Waals surface area contributed by atoms with Crippen LogP contribution in [0, 0.1) is 11.8 Å². The Balaban J connectivity index is 0.000000444. The highest BCUT2D eigenvalue weighted by atomic mass is 16.3. The number of piperidine rings is 3. The van der Waals surface area contributed by atoms with Crippen molar-refractivity contribution in [2.24, 2.45) is 11.8 Å². The summed E-state index contributed by atoms with van der Waals surface area (Å²) in [5.41, 5.74) is 4.83. The molecule has 0 aliphatic carbocycles. The van der Waals surface area contributed by atoms with E-state index in [0.29, 0.717) is 17.1 Å². The van der Waals surface area contributed by atoms with Crippen LogP contribution in [-0.4, -0.2) is 76.2 Å². The Hall–Kier alpha value is -3.28. The zero-order valence-electron chi connectivity index (χ0n) is 36.3. The van der Waals surface area contributed by atoms with Gasteiger partial charge in [-0.15, -0.1) is 0 Å². The Kier molecular flexibility index (Phi) is 23.4. The summed E-state index contributed by atoms with van der Waals surface area (Å²) in [7, 11) is 0. The molecule has 4 aromatic rings. The van der Waals surface area contributed by atoms with Gasteiger partial charge in [-0.2, -0.15) is 0 Å². The van der Waals surface area contributed by atoms with Crippen molar-refractivity contribution in [3.63, 3.8) is 0 Å². The van der Waals surface area contributed by atoms with Gasteiger partial charge in [0.25, 0.3) is 0 Å². The van der Waals surface area contributed by atoms with Gasteiger partial charge in [-0.3, -0.25) is 9.80 Å². The van der Waals surface area contributed by atoms with Crippen LogP contribution >= 0.6 is 0 Å². The largest absolute Gasteiger partial charge is 0.380 e. The smallest absolute Gasteiger partial charge is 0.117 e. The maximum absolute atomic E-state index is 11.8. The van der Waals surface area contributed by atoms with Gasteiger partial charge in [-0.05, 0) is 180 Å². The fourth-order valence-electron chi connectivity index (χ4n) is 9.22. The molecule has 4 nitrogen and oxygen atoms in total. The van der Waals surface area contributed by atoms with Crippen LogP contribution in [0.4, 0.5) is 0 Å². The van der Waals surface area contributed by atoms with E-state index in [0.717, 1.165) is 48.9 Å². The van der Waals surface area contributed by atoms with E-state index < -0.39 is 5.60 Å². The van der Waals surface area contributed by atoms with Crippen molar-refractivity contribution in [2.75, 3.05) is 39.3 Å². The molecule has 0 spiro atoms. The van der Waals surface area contributed by atoms with E-state index in [1.807, 2.05) is 36.4 Å². The van der Waals surface area contributed by atoms with Crippen LogP contribution in [0.15, 0.2) is 121 Å². The van der Waals surface area contributed by atoms with Gasteiger partial charge >= 0.3 is 0 Å². The van der Waals surface area contributed by atoms with Crippen molar-refractivity contribution in [2.45, 2.75) is 159 Å². The first-order valence-corrected chi connectivity index (χ1v) is 21.9. The number of nitrogens with zero attached hydrogens (tertiary/aromatic N) is 3. The fourth-order valence-corrected chi connectivity index (χ4v) is 9.22. The second kappa shape index (κ2) is 25.6. The molecular formula is C56H91N3O. The Morgan fingerprint density at radius 3 is 1.25 bits per heavy atom. The molecule has 0 aromatic heterocycles. The first-order valence-electron chi connectivity index (χ1n) is 21.9. The predicted octanol–water partition coefficient (Wildman–Crippen LogP) is 14.0. The number of hydrogen-bond donors (Lipinski definition) is 1. The van der Waals surface area contributed by atoms with Crippen LogP contribution in [0.5, 0.6) is 0 Å². The van der Waals surface area contributed by atoms with Crippen LogP contribution in [0.25, 0.3) is 0 Å². The van der Waals surface area contributed by atoms with Crippen LogP contribution in [0.3, 0.4) is 0 Å². The second-order valence-electron chi connectivity index (χ2n) is 19.0. The molecule has 336 valence electrons. The highest BCUT2D eigenvalue weighted by Crippen LogP contribution is 2.42. The average molecular weight is 822 g/mol. The molecule has 0 bridgehead atoms. The molecule has 7 rings (SSSR count). The Bertz CT molecular complexity index is 1600. The SMILES string of the molecule is C.C.C.C.CC(C)(C)N1CCC(Cc2ccccc2)CC1.CC(C)(C)N1CCC(c2ccccc2)CC1.CC(C)N1CCC(C(O)(c2ccccc2)c2ccccc2)CC1. The summed E-state index contributed by atoms with van der Waals surface area (Å²) in [6.45, 7) is 25.5. The van der Waals surface area contributed by atoms with Crippen LogP contribution in [0.1, 0.15) is 152 Å².